The van der Waals surface area contributed by atoms with Gasteiger partial charge in [0.2, 0.25) is 5.91 Å². The number of carbonyl (C=O) groups excluding carboxylic acids is 1. The molecule has 0 heterocycles. The van der Waals surface area contributed by atoms with Gasteiger partial charge in [0.25, 0.3) is 0 Å². The fourth-order valence-electron chi connectivity index (χ4n) is 2.97. The van der Waals surface area contributed by atoms with E-state index in [1.54, 1.807) is 0 Å². The average molecular weight is 417 g/mol. The van der Waals surface area contributed by atoms with Crippen molar-refractivity contribution in [3.8, 4) is 0 Å². The van der Waals surface area contributed by atoms with Crippen molar-refractivity contribution in [2.75, 3.05) is 6.54 Å². The van der Waals surface area contributed by atoms with Gasteiger partial charge in [-0.3, -0.25) is 9.59 Å². The van der Waals surface area contributed by atoms with Gasteiger partial charge in [0.15, 0.2) is 0 Å². The van der Waals surface area contributed by atoms with Gasteiger partial charge in [-0.2, -0.15) is 10.7 Å². The quantitative estimate of drug-likeness (QED) is 0.0824. The molecule has 0 rings (SSSR count). The molecule has 5 N–H and O–H groups in total. The van der Waals surface area contributed by atoms with Gasteiger partial charge >= 0.3 is 11.9 Å². The number of carboxylic acid groups (broad SMARTS) is 2. The first-order valence-electron chi connectivity index (χ1n) is 10.5. The van der Waals surface area contributed by atoms with Gasteiger partial charge < -0.3 is 20.7 Å². The Kier molecular flexibility index (Phi) is 16.2. The number of nitrogens with zero attached hydrogens (tertiary/aromatic N) is 2. The minimum atomic E-state index is -1.19. The number of aliphatic carboxylic acids is 2. The van der Waals surface area contributed by atoms with Crippen LogP contribution in [0.25, 0.3) is 0 Å². The second-order valence-corrected chi connectivity index (χ2v) is 7.22. The molecule has 0 aliphatic rings. The van der Waals surface area contributed by atoms with Gasteiger partial charge in [0.05, 0.1) is 5.22 Å². The van der Waals surface area contributed by atoms with E-state index in [-0.39, 0.29) is 36.6 Å². The van der Waals surface area contributed by atoms with E-state index in [2.05, 4.69) is 10.5 Å². The Morgan fingerprint density at radius 2 is 1.31 bits per heavy atom. The molecule has 0 bridgehead atoms. The summed E-state index contributed by atoms with van der Waals surface area (Å²) in [4.78, 5) is 33.5. The third-order valence-corrected chi connectivity index (χ3v) is 4.67. The molecule has 10 heteroatoms. The predicted octanol–water partition coefficient (Wildman–Crippen LogP) is 2.94. The number of nitrogens with one attached hydrogen (secondary N) is 1. The minimum absolute atomic E-state index is 0.0647. The summed E-state index contributed by atoms with van der Waals surface area (Å²) in [6, 6.07) is -1.12. The van der Waals surface area contributed by atoms with E-state index in [0.29, 0.717) is 6.42 Å². The van der Waals surface area contributed by atoms with E-state index >= 15 is 0 Å². The number of carbonyl (C=O) groups is 3. The molecule has 0 aliphatic carbocycles. The first-order valence-corrected chi connectivity index (χ1v) is 10.5. The first-order chi connectivity index (χ1) is 13.9. The standard InChI is InChI=1S/C19H36N4O6/c20-22-23(29)15-14-16(19(27)28)21-17(24)12-10-8-6-4-2-1-3-5-7-9-11-13-18(25)26/h16H,1-15,20H2,(H,21,24)(H,25,26)(H,27,28)/t16-/m0/s1. The van der Waals surface area contributed by atoms with Crippen molar-refractivity contribution < 1.29 is 29.5 Å². The molecule has 1 atom stereocenters. The normalized spacial score (nSPS) is 12.5. The third kappa shape index (κ3) is 17.4. The van der Waals surface area contributed by atoms with Crippen LogP contribution in [0.3, 0.4) is 0 Å². The largest absolute Gasteiger partial charge is 0.696 e. The monoisotopic (exact) mass is 416 g/mol. The lowest BCUT2D eigenvalue weighted by molar-refractivity contribution is -0.532. The summed E-state index contributed by atoms with van der Waals surface area (Å²) >= 11 is 0. The van der Waals surface area contributed by atoms with Crippen LogP contribution in [0.2, 0.25) is 0 Å². The van der Waals surface area contributed by atoms with Crippen molar-refractivity contribution in [1.29, 1.82) is 0 Å². The molecular formula is C19H36N4O6. The number of nitrogens with two attached hydrogens (primary N) is 1. The number of carboxylic acids is 2. The van der Waals surface area contributed by atoms with E-state index in [0.717, 1.165) is 51.4 Å². The molecule has 0 spiro atoms. The molecule has 0 aromatic heterocycles. The van der Waals surface area contributed by atoms with Gasteiger partial charge in [-0.15, -0.1) is 0 Å². The first kappa shape index (κ1) is 26.6. The molecular weight excluding hydrogens is 380 g/mol. The lowest BCUT2D eigenvalue weighted by atomic mass is 10.0. The molecule has 0 saturated heterocycles. The molecule has 0 fully saturated rings. The highest BCUT2D eigenvalue weighted by molar-refractivity contribution is 5.83. The van der Waals surface area contributed by atoms with E-state index in [1.807, 2.05) is 0 Å². The van der Waals surface area contributed by atoms with Crippen molar-refractivity contribution in [1.82, 2.24) is 5.32 Å². The zero-order chi connectivity index (χ0) is 21.9. The smallest absolute Gasteiger partial charge is 0.326 e. The molecule has 0 saturated carbocycles. The van der Waals surface area contributed by atoms with Gasteiger partial charge in [-0.1, -0.05) is 57.8 Å². The fraction of sp³-hybridized carbons (Fsp3) is 0.842. The Hall–Kier alpha value is -2.39. The highest BCUT2D eigenvalue weighted by Crippen LogP contribution is 2.12. The topological polar surface area (TPSA) is 168 Å². The summed E-state index contributed by atoms with van der Waals surface area (Å²) < 4.78 is 0. The molecule has 0 aromatic rings. The number of hydroxylamine groups is 1. The van der Waals surface area contributed by atoms with Crippen molar-refractivity contribution in [3.63, 3.8) is 0 Å². The van der Waals surface area contributed by atoms with E-state index in [4.69, 9.17) is 16.1 Å². The lowest BCUT2D eigenvalue weighted by Gasteiger charge is -2.14. The highest BCUT2D eigenvalue weighted by Gasteiger charge is 2.20. The number of rotatable bonds is 19. The summed E-state index contributed by atoms with van der Waals surface area (Å²) in [7, 11) is 0. The Labute approximate surface area is 172 Å². The summed E-state index contributed by atoms with van der Waals surface area (Å²) in [5.41, 5.74) is 0. The Balaban J connectivity index is 3.58. The van der Waals surface area contributed by atoms with Crippen LogP contribution in [0.5, 0.6) is 0 Å². The molecule has 0 aromatic carbocycles. The zero-order valence-electron chi connectivity index (χ0n) is 17.2. The summed E-state index contributed by atoms with van der Waals surface area (Å²) in [5, 5.41) is 33.9. The lowest BCUT2D eigenvalue weighted by Crippen LogP contribution is -2.41. The molecule has 10 nitrogen and oxygen atoms in total. The molecule has 0 radical (unpaired) electrons. The van der Waals surface area contributed by atoms with Gasteiger partial charge in [-0.05, 0) is 12.8 Å². The van der Waals surface area contributed by atoms with Crippen LogP contribution in [-0.2, 0) is 14.4 Å². The summed E-state index contributed by atoms with van der Waals surface area (Å²) in [6.45, 7) is -0.198. The maximum Gasteiger partial charge on any atom is 0.326 e. The van der Waals surface area contributed by atoms with Crippen LogP contribution in [0.1, 0.15) is 89.9 Å². The number of hydrogen-bond acceptors (Lipinski definition) is 5. The molecule has 1 amide bonds. The number of hydrogen-bond donors (Lipinski definition) is 4. The molecule has 0 aliphatic heterocycles. The van der Waals surface area contributed by atoms with Crippen molar-refractivity contribution >= 4 is 17.8 Å². The Bertz CT molecular complexity index is 513. The van der Waals surface area contributed by atoms with E-state index < -0.39 is 18.0 Å². The van der Waals surface area contributed by atoms with Gasteiger partial charge in [0.1, 0.15) is 12.6 Å². The van der Waals surface area contributed by atoms with E-state index in [1.165, 1.54) is 12.8 Å². The molecule has 29 heavy (non-hydrogen) atoms. The fourth-order valence-corrected chi connectivity index (χ4v) is 2.97. The van der Waals surface area contributed by atoms with Crippen LogP contribution < -0.4 is 11.2 Å². The van der Waals surface area contributed by atoms with Crippen LogP contribution in [0.4, 0.5) is 0 Å². The van der Waals surface area contributed by atoms with Crippen molar-refractivity contribution in [2.24, 2.45) is 11.1 Å². The summed E-state index contributed by atoms with van der Waals surface area (Å²) in [5.74, 6) is 2.54. The van der Waals surface area contributed by atoms with Crippen LogP contribution >= 0.6 is 0 Å². The molecule has 168 valence electrons. The van der Waals surface area contributed by atoms with Crippen molar-refractivity contribution in [3.05, 3.63) is 5.21 Å². The van der Waals surface area contributed by atoms with Crippen LogP contribution in [0, 0.1) is 5.21 Å². The summed E-state index contributed by atoms with van der Waals surface area (Å²) in [6.07, 6.45) is 11.7. The second-order valence-electron chi connectivity index (χ2n) is 7.22. The number of amides is 1. The Morgan fingerprint density at radius 1 is 0.862 bits per heavy atom. The second kappa shape index (κ2) is 17.7. The highest BCUT2D eigenvalue weighted by atomic mass is 16.5. The molecule has 0 unspecified atom stereocenters. The maximum absolute atomic E-state index is 11.8. The van der Waals surface area contributed by atoms with E-state index in [9.17, 15) is 19.6 Å². The number of unbranched alkanes of at least 4 members (excludes halogenated alkanes) is 10. The predicted molar refractivity (Wildman–Crippen MR) is 107 cm³/mol. The van der Waals surface area contributed by atoms with Gasteiger partial charge in [0, 0.05) is 19.3 Å². The Morgan fingerprint density at radius 3 is 1.72 bits per heavy atom. The van der Waals surface area contributed by atoms with Crippen LogP contribution in [-0.4, -0.2) is 45.5 Å². The van der Waals surface area contributed by atoms with Crippen LogP contribution in [0.15, 0.2) is 5.22 Å². The van der Waals surface area contributed by atoms with Crippen molar-refractivity contribution in [2.45, 2.75) is 95.9 Å². The van der Waals surface area contributed by atoms with Gasteiger partial charge in [-0.25, -0.2) is 4.79 Å². The average Bonchev–Trinajstić information content (AvgIpc) is 2.67. The zero-order valence-corrected chi connectivity index (χ0v) is 17.2. The maximum atomic E-state index is 11.8. The minimum Gasteiger partial charge on any atom is -0.696 e. The SMILES string of the molecule is NN=[N+]([O-])CC[C@H](NC(=O)CCCCCCCCCCCCCC(=O)O)C(=O)O. The third-order valence-electron chi connectivity index (χ3n) is 4.67.